The van der Waals surface area contributed by atoms with Crippen LogP contribution in [0.4, 0.5) is 4.79 Å². The lowest BCUT2D eigenvalue weighted by Crippen LogP contribution is -2.71. The number of methoxy groups -OCH3 is 1. The van der Waals surface area contributed by atoms with Gasteiger partial charge in [0.2, 0.25) is 5.91 Å². The van der Waals surface area contributed by atoms with Gasteiger partial charge in [-0.25, -0.2) is 4.79 Å². The molecule has 0 bridgehead atoms. The summed E-state index contributed by atoms with van der Waals surface area (Å²) in [7, 11) is 1.21. The monoisotopic (exact) mass is 376 g/mol. The number of carbonyl (C=O) groups excluding carboxylic acids is 3. The first-order valence-corrected chi connectivity index (χ1v) is 8.53. The third-order valence-corrected chi connectivity index (χ3v) is 4.88. The summed E-state index contributed by atoms with van der Waals surface area (Å²) >= 11 is 0. The van der Waals surface area contributed by atoms with Gasteiger partial charge < -0.3 is 19.5 Å². The molecule has 2 aliphatic rings. The highest BCUT2D eigenvalue weighted by molar-refractivity contribution is 5.95. The fraction of sp³-hybridized carbons (Fsp3) is 0.444. The number of likely N-dealkylation sites (tertiary alicyclic amines) is 1. The van der Waals surface area contributed by atoms with Crippen molar-refractivity contribution in [3.63, 3.8) is 0 Å². The number of cyclic esters (lactones) is 1. The third-order valence-electron chi connectivity index (χ3n) is 4.88. The molecule has 2 saturated heterocycles. The molecule has 3 atom stereocenters. The lowest BCUT2D eigenvalue weighted by Gasteiger charge is -2.50. The Hall–Kier alpha value is -3.10. The lowest BCUT2D eigenvalue weighted by atomic mass is 9.88. The predicted octanol–water partition coefficient (Wildman–Crippen LogP) is 0.797. The highest BCUT2D eigenvalue weighted by Crippen LogP contribution is 2.37. The second kappa shape index (κ2) is 7.65. The van der Waals surface area contributed by atoms with Gasteiger partial charge in [-0.05, 0) is 12.0 Å². The van der Waals surface area contributed by atoms with E-state index in [-0.39, 0.29) is 26.0 Å². The summed E-state index contributed by atoms with van der Waals surface area (Å²) in [5.41, 5.74) is 0.819. The zero-order chi connectivity index (χ0) is 19.6. The quantitative estimate of drug-likeness (QED) is 0.553. The lowest BCUT2D eigenvalue weighted by molar-refractivity contribution is -0.166. The number of esters is 1. The Balaban J connectivity index is 1.85. The van der Waals surface area contributed by atoms with Crippen LogP contribution in [0, 0.1) is 0 Å². The zero-order valence-electron chi connectivity index (χ0n) is 14.7. The Morgan fingerprint density at radius 1 is 1.26 bits per heavy atom. The number of benzene rings is 1. The van der Waals surface area contributed by atoms with Crippen molar-refractivity contribution in [1.82, 2.24) is 9.80 Å². The summed E-state index contributed by atoms with van der Waals surface area (Å²) in [4.78, 5) is 50.2. The van der Waals surface area contributed by atoms with E-state index >= 15 is 0 Å². The number of hydrogen-bond acceptors (Lipinski definition) is 6. The van der Waals surface area contributed by atoms with Crippen molar-refractivity contribution >= 4 is 23.9 Å². The van der Waals surface area contributed by atoms with Gasteiger partial charge in [0.15, 0.2) is 0 Å². The van der Waals surface area contributed by atoms with E-state index < -0.39 is 42.1 Å². The molecule has 0 spiro atoms. The minimum Gasteiger partial charge on any atom is -0.481 e. The number of ether oxygens (including phenoxy) is 2. The molecule has 1 unspecified atom stereocenters. The van der Waals surface area contributed by atoms with Gasteiger partial charge in [-0.3, -0.25) is 19.3 Å². The highest BCUT2D eigenvalue weighted by atomic mass is 16.6. The Labute approximate surface area is 155 Å². The molecule has 0 radical (unpaired) electrons. The van der Waals surface area contributed by atoms with E-state index in [4.69, 9.17) is 9.84 Å². The van der Waals surface area contributed by atoms with Crippen LogP contribution >= 0.6 is 0 Å². The number of aliphatic carboxylic acids is 1. The number of rotatable bonds is 7. The molecule has 144 valence electrons. The van der Waals surface area contributed by atoms with Crippen LogP contribution in [0.5, 0.6) is 0 Å². The number of carboxylic acids is 1. The van der Waals surface area contributed by atoms with Crippen LogP contribution in [0.2, 0.25) is 0 Å². The van der Waals surface area contributed by atoms with E-state index in [0.29, 0.717) is 0 Å². The molecule has 0 aromatic heterocycles. The molecule has 2 heterocycles. The van der Waals surface area contributed by atoms with Crippen LogP contribution in [-0.4, -0.2) is 71.2 Å². The first-order chi connectivity index (χ1) is 12.9. The standard InChI is InChI=1S/C18H20N2O7/c1-26-15(23)9-19-12(7-8-14(21)22)16(17(19)24)20-13(10-27-18(20)25)11-5-3-2-4-6-11/h2-6,12-13,16H,7-10H2,1H3,(H,21,22)/t12-,13?,16+/m1/s1. The van der Waals surface area contributed by atoms with Gasteiger partial charge in [0.05, 0.1) is 19.2 Å². The largest absolute Gasteiger partial charge is 0.481 e. The first kappa shape index (κ1) is 18.7. The van der Waals surface area contributed by atoms with Crippen LogP contribution in [0.15, 0.2) is 30.3 Å². The molecule has 9 heteroatoms. The Bertz CT molecular complexity index is 751. The Kier molecular flexibility index (Phi) is 5.29. The average Bonchev–Trinajstić information content (AvgIpc) is 3.03. The van der Waals surface area contributed by atoms with Crippen LogP contribution in [0.3, 0.4) is 0 Å². The molecule has 3 rings (SSSR count). The van der Waals surface area contributed by atoms with Gasteiger partial charge in [-0.2, -0.15) is 0 Å². The third kappa shape index (κ3) is 3.57. The zero-order valence-corrected chi connectivity index (χ0v) is 14.7. The normalized spacial score (nSPS) is 24.4. The van der Waals surface area contributed by atoms with E-state index in [2.05, 4.69) is 4.74 Å². The summed E-state index contributed by atoms with van der Waals surface area (Å²) < 4.78 is 9.75. The van der Waals surface area contributed by atoms with Gasteiger partial charge in [-0.1, -0.05) is 30.3 Å². The molecule has 0 saturated carbocycles. The number of nitrogens with zero attached hydrogens (tertiary/aromatic N) is 2. The van der Waals surface area contributed by atoms with Crippen molar-refractivity contribution in [1.29, 1.82) is 0 Å². The number of β-lactam (4-membered cyclic amide) rings is 1. The van der Waals surface area contributed by atoms with Crippen molar-refractivity contribution in [3.05, 3.63) is 35.9 Å². The Morgan fingerprint density at radius 3 is 2.59 bits per heavy atom. The number of carboxylic acid groups (broad SMARTS) is 1. The molecule has 2 fully saturated rings. The second-order valence-electron chi connectivity index (χ2n) is 6.40. The van der Waals surface area contributed by atoms with E-state index in [1.165, 1.54) is 16.9 Å². The topological polar surface area (TPSA) is 113 Å². The van der Waals surface area contributed by atoms with Crippen molar-refractivity contribution in [2.45, 2.75) is 31.0 Å². The first-order valence-electron chi connectivity index (χ1n) is 8.53. The van der Waals surface area contributed by atoms with E-state index in [9.17, 15) is 19.2 Å². The highest BCUT2D eigenvalue weighted by Gasteiger charge is 2.56. The summed E-state index contributed by atoms with van der Waals surface area (Å²) in [6.07, 6.45) is -0.695. The predicted molar refractivity (Wildman–Crippen MR) is 90.5 cm³/mol. The molecular formula is C18H20N2O7. The number of amides is 2. The molecule has 2 aliphatic heterocycles. The maximum absolute atomic E-state index is 12.7. The van der Waals surface area contributed by atoms with Crippen LogP contribution in [0.1, 0.15) is 24.4 Å². The van der Waals surface area contributed by atoms with E-state index in [1.54, 1.807) is 0 Å². The number of carbonyl (C=O) groups is 4. The number of hydrogen-bond donors (Lipinski definition) is 1. The Morgan fingerprint density at radius 2 is 1.96 bits per heavy atom. The van der Waals surface area contributed by atoms with Gasteiger partial charge in [-0.15, -0.1) is 0 Å². The van der Waals surface area contributed by atoms with Crippen molar-refractivity contribution in [3.8, 4) is 0 Å². The average molecular weight is 376 g/mol. The van der Waals surface area contributed by atoms with Crippen LogP contribution in [-0.2, 0) is 23.9 Å². The molecule has 1 aromatic carbocycles. The molecule has 1 aromatic rings. The van der Waals surface area contributed by atoms with Gasteiger partial charge in [0, 0.05) is 6.42 Å². The molecule has 9 nitrogen and oxygen atoms in total. The molecule has 2 amide bonds. The molecule has 27 heavy (non-hydrogen) atoms. The summed E-state index contributed by atoms with van der Waals surface area (Å²) in [6.45, 7) is -0.176. The molecule has 1 N–H and O–H groups in total. The minimum atomic E-state index is -1.02. The summed E-state index contributed by atoms with van der Waals surface area (Å²) in [5.74, 6) is -2.05. The van der Waals surface area contributed by atoms with Gasteiger partial charge in [0.1, 0.15) is 19.2 Å². The van der Waals surface area contributed by atoms with Crippen LogP contribution < -0.4 is 0 Å². The fourth-order valence-electron chi connectivity index (χ4n) is 3.55. The smallest absolute Gasteiger partial charge is 0.411 e. The van der Waals surface area contributed by atoms with Crippen molar-refractivity contribution < 1.29 is 33.8 Å². The fourth-order valence-corrected chi connectivity index (χ4v) is 3.55. The van der Waals surface area contributed by atoms with Crippen molar-refractivity contribution in [2.75, 3.05) is 20.3 Å². The van der Waals surface area contributed by atoms with Gasteiger partial charge in [0.25, 0.3) is 0 Å². The molecular weight excluding hydrogens is 356 g/mol. The van der Waals surface area contributed by atoms with Gasteiger partial charge >= 0.3 is 18.0 Å². The van der Waals surface area contributed by atoms with Crippen molar-refractivity contribution in [2.24, 2.45) is 0 Å². The maximum atomic E-state index is 12.7. The van der Waals surface area contributed by atoms with E-state index in [0.717, 1.165) is 5.56 Å². The van der Waals surface area contributed by atoms with E-state index in [1.807, 2.05) is 30.3 Å². The maximum Gasteiger partial charge on any atom is 0.411 e. The second-order valence-corrected chi connectivity index (χ2v) is 6.40. The molecule has 0 aliphatic carbocycles. The van der Waals surface area contributed by atoms with Crippen LogP contribution in [0.25, 0.3) is 0 Å². The summed E-state index contributed by atoms with van der Waals surface area (Å²) in [6, 6.07) is 7.25. The minimum absolute atomic E-state index is 0.106. The SMILES string of the molecule is COC(=O)CN1C(=O)[C@@H](N2C(=O)OCC2c2ccccc2)[C@H]1CCC(=O)O. The summed E-state index contributed by atoms with van der Waals surface area (Å²) in [5, 5.41) is 9.00.